The molecular formula is C13H17F3N4O. The summed E-state index contributed by atoms with van der Waals surface area (Å²) in [5, 5.41) is 3.04. The number of halogens is 3. The second-order valence-electron chi connectivity index (χ2n) is 5.11. The van der Waals surface area contributed by atoms with E-state index in [2.05, 4.69) is 10.3 Å². The zero-order valence-electron chi connectivity index (χ0n) is 11.3. The molecule has 1 fully saturated rings. The minimum absolute atomic E-state index is 0.0897. The van der Waals surface area contributed by atoms with Crippen molar-refractivity contribution in [3.05, 3.63) is 23.9 Å². The number of hydrogen-bond acceptors (Lipinski definition) is 4. The highest BCUT2D eigenvalue weighted by Gasteiger charge is 2.41. The van der Waals surface area contributed by atoms with Crippen molar-refractivity contribution >= 4 is 11.7 Å². The number of carbonyl (C=O) groups is 1. The number of rotatable bonds is 3. The molecule has 0 aliphatic heterocycles. The van der Waals surface area contributed by atoms with Crippen LogP contribution in [0.5, 0.6) is 0 Å². The van der Waals surface area contributed by atoms with Crippen LogP contribution >= 0.6 is 0 Å². The Labute approximate surface area is 120 Å². The van der Waals surface area contributed by atoms with Crippen molar-refractivity contribution in [2.24, 2.45) is 11.8 Å². The molecule has 0 atom stereocenters. The average Bonchev–Trinajstić information content (AvgIpc) is 2.46. The average molecular weight is 302 g/mol. The maximum absolute atomic E-state index is 12.6. The first-order valence-electron chi connectivity index (χ1n) is 6.71. The fourth-order valence-corrected chi connectivity index (χ4v) is 2.54. The molecule has 1 aliphatic carbocycles. The molecule has 1 aromatic rings. The lowest BCUT2D eigenvalue weighted by Crippen LogP contribution is -2.34. The molecule has 0 radical (unpaired) electrons. The quantitative estimate of drug-likeness (QED) is 0.454. The molecule has 0 aromatic carbocycles. The van der Waals surface area contributed by atoms with E-state index in [1.807, 2.05) is 5.43 Å². The predicted octanol–water partition coefficient (Wildman–Crippen LogP) is 2.22. The molecule has 0 saturated heterocycles. The smallest absolute Gasteiger partial charge is 0.367 e. The summed E-state index contributed by atoms with van der Waals surface area (Å²) in [4.78, 5) is 15.7. The van der Waals surface area contributed by atoms with Crippen LogP contribution in [0, 0.1) is 5.92 Å². The maximum atomic E-state index is 12.6. The molecular weight excluding hydrogens is 285 g/mol. The van der Waals surface area contributed by atoms with Gasteiger partial charge in [-0.1, -0.05) is 0 Å². The largest absolute Gasteiger partial charge is 0.391 e. The van der Waals surface area contributed by atoms with E-state index < -0.39 is 18.0 Å². The molecule has 2 rings (SSSR count). The number of nitrogens with zero attached hydrogens (tertiary/aromatic N) is 1. The standard InChI is InChI=1S/C13H17F3N4O/c14-13(15,16)8-3-5-9(6-4-8)19-11-10(12(21)20-17)2-1-7-18-11/h1-2,7-9H,3-6,17H2,(H,18,19)(H,20,21). The molecule has 1 saturated carbocycles. The highest BCUT2D eigenvalue weighted by atomic mass is 19.4. The van der Waals surface area contributed by atoms with E-state index in [-0.39, 0.29) is 24.4 Å². The first kappa shape index (κ1) is 15.6. The van der Waals surface area contributed by atoms with Crippen molar-refractivity contribution in [2.45, 2.75) is 37.9 Å². The second-order valence-corrected chi connectivity index (χ2v) is 5.11. The zero-order valence-corrected chi connectivity index (χ0v) is 11.3. The Morgan fingerprint density at radius 2 is 1.95 bits per heavy atom. The van der Waals surface area contributed by atoms with E-state index in [1.165, 1.54) is 6.20 Å². The normalized spacial score (nSPS) is 22.7. The number of amides is 1. The molecule has 21 heavy (non-hydrogen) atoms. The highest BCUT2D eigenvalue weighted by molar-refractivity contribution is 5.98. The van der Waals surface area contributed by atoms with Crippen molar-refractivity contribution in [2.75, 3.05) is 5.32 Å². The van der Waals surface area contributed by atoms with Gasteiger partial charge in [0.05, 0.1) is 11.5 Å². The van der Waals surface area contributed by atoms with Gasteiger partial charge in [-0.05, 0) is 37.8 Å². The molecule has 1 heterocycles. The summed E-state index contributed by atoms with van der Waals surface area (Å²) in [5.74, 6) is 3.71. The first-order chi connectivity index (χ1) is 9.91. The number of aromatic nitrogens is 1. The third-order valence-corrected chi connectivity index (χ3v) is 3.71. The van der Waals surface area contributed by atoms with Gasteiger partial charge in [-0.2, -0.15) is 13.2 Å². The van der Waals surface area contributed by atoms with Gasteiger partial charge in [-0.3, -0.25) is 10.2 Å². The molecule has 5 nitrogen and oxygen atoms in total. The Morgan fingerprint density at radius 1 is 1.29 bits per heavy atom. The van der Waals surface area contributed by atoms with Gasteiger partial charge in [-0.15, -0.1) is 0 Å². The fraction of sp³-hybridized carbons (Fsp3) is 0.538. The van der Waals surface area contributed by atoms with Gasteiger partial charge >= 0.3 is 6.18 Å². The van der Waals surface area contributed by atoms with Crippen molar-refractivity contribution in [1.82, 2.24) is 10.4 Å². The van der Waals surface area contributed by atoms with Gasteiger partial charge < -0.3 is 5.32 Å². The summed E-state index contributed by atoms with van der Waals surface area (Å²) < 4.78 is 37.8. The molecule has 4 N–H and O–H groups in total. The molecule has 0 bridgehead atoms. The van der Waals surface area contributed by atoms with Crippen LogP contribution in [-0.4, -0.2) is 23.1 Å². The number of anilines is 1. The van der Waals surface area contributed by atoms with E-state index in [0.717, 1.165) is 0 Å². The van der Waals surface area contributed by atoms with Gasteiger partial charge in [0, 0.05) is 12.2 Å². The lowest BCUT2D eigenvalue weighted by atomic mass is 9.85. The molecule has 0 unspecified atom stereocenters. The zero-order chi connectivity index (χ0) is 15.5. The van der Waals surface area contributed by atoms with Gasteiger partial charge in [0.15, 0.2) is 0 Å². The monoisotopic (exact) mass is 302 g/mol. The van der Waals surface area contributed by atoms with Crippen LogP contribution in [0.25, 0.3) is 0 Å². The summed E-state index contributed by atoms with van der Waals surface area (Å²) in [6.45, 7) is 0. The van der Waals surface area contributed by atoms with Gasteiger partial charge in [-0.25, -0.2) is 10.8 Å². The van der Waals surface area contributed by atoms with Crippen LogP contribution < -0.4 is 16.6 Å². The topological polar surface area (TPSA) is 80.0 Å². The van der Waals surface area contributed by atoms with Crippen LogP contribution in [0.2, 0.25) is 0 Å². The lowest BCUT2D eigenvalue weighted by Gasteiger charge is -2.30. The van der Waals surface area contributed by atoms with Crippen LogP contribution in [-0.2, 0) is 0 Å². The third-order valence-electron chi connectivity index (χ3n) is 3.71. The molecule has 116 valence electrons. The minimum atomic E-state index is -4.12. The number of carbonyl (C=O) groups excluding carboxylic acids is 1. The summed E-state index contributed by atoms with van der Waals surface area (Å²) in [6, 6.07) is 3.03. The highest BCUT2D eigenvalue weighted by Crippen LogP contribution is 2.38. The minimum Gasteiger partial charge on any atom is -0.367 e. The SMILES string of the molecule is NNC(=O)c1cccnc1NC1CCC(C(F)(F)F)CC1. The number of nitrogens with two attached hydrogens (primary N) is 1. The molecule has 1 amide bonds. The van der Waals surface area contributed by atoms with Crippen LogP contribution in [0.4, 0.5) is 19.0 Å². The number of pyridine rings is 1. The Morgan fingerprint density at radius 3 is 2.52 bits per heavy atom. The Balaban J connectivity index is 2.00. The Bertz CT molecular complexity index is 498. The van der Waals surface area contributed by atoms with E-state index >= 15 is 0 Å². The predicted molar refractivity (Wildman–Crippen MR) is 71.3 cm³/mol. The summed E-state index contributed by atoms with van der Waals surface area (Å²) >= 11 is 0. The lowest BCUT2D eigenvalue weighted by molar-refractivity contribution is -0.182. The van der Waals surface area contributed by atoms with Crippen molar-refractivity contribution in [3.8, 4) is 0 Å². The summed E-state index contributed by atoms with van der Waals surface area (Å²) in [7, 11) is 0. The Kier molecular flexibility index (Phi) is 4.66. The van der Waals surface area contributed by atoms with E-state index in [9.17, 15) is 18.0 Å². The van der Waals surface area contributed by atoms with Crippen LogP contribution in [0.1, 0.15) is 36.0 Å². The number of nitrogens with one attached hydrogen (secondary N) is 2. The number of hydrogen-bond donors (Lipinski definition) is 3. The van der Waals surface area contributed by atoms with Crippen molar-refractivity contribution in [3.63, 3.8) is 0 Å². The van der Waals surface area contributed by atoms with Crippen molar-refractivity contribution < 1.29 is 18.0 Å². The van der Waals surface area contributed by atoms with Gasteiger partial charge in [0.1, 0.15) is 5.82 Å². The van der Waals surface area contributed by atoms with Crippen LogP contribution in [0.3, 0.4) is 0 Å². The van der Waals surface area contributed by atoms with E-state index in [0.29, 0.717) is 18.7 Å². The second kappa shape index (κ2) is 6.30. The van der Waals surface area contributed by atoms with E-state index in [4.69, 9.17) is 5.84 Å². The summed E-state index contributed by atoms with van der Waals surface area (Å²) in [5.41, 5.74) is 2.29. The number of alkyl halides is 3. The summed E-state index contributed by atoms with van der Waals surface area (Å²) in [6.07, 6.45) is -1.65. The number of nitrogen functional groups attached to an aromatic ring is 1. The molecule has 0 spiro atoms. The van der Waals surface area contributed by atoms with Crippen LogP contribution in [0.15, 0.2) is 18.3 Å². The number of hydrazine groups is 1. The van der Waals surface area contributed by atoms with Crippen molar-refractivity contribution in [1.29, 1.82) is 0 Å². The molecule has 1 aliphatic rings. The van der Waals surface area contributed by atoms with E-state index in [1.54, 1.807) is 12.1 Å². The molecule has 8 heteroatoms. The first-order valence-corrected chi connectivity index (χ1v) is 6.71. The fourth-order valence-electron chi connectivity index (χ4n) is 2.54. The van der Waals surface area contributed by atoms with Gasteiger partial charge in [0.25, 0.3) is 5.91 Å². The molecule has 1 aromatic heterocycles. The third kappa shape index (κ3) is 3.84. The Hall–Kier alpha value is -1.83. The maximum Gasteiger partial charge on any atom is 0.391 e. The van der Waals surface area contributed by atoms with Gasteiger partial charge in [0.2, 0.25) is 0 Å².